The van der Waals surface area contributed by atoms with E-state index >= 15 is 0 Å². The largest absolute Gasteiger partial charge is 0.477 e. The molecule has 0 aliphatic carbocycles. The summed E-state index contributed by atoms with van der Waals surface area (Å²) in [6.07, 6.45) is 1.37. The Balaban J connectivity index is 1.73. The van der Waals surface area contributed by atoms with Gasteiger partial charge in [0.1, 0.15) is 22.8 Å². The molecule has 0 spiro atoms. The van der Waals surface area contributed by atoms with Gasteiger partial charge in [0.15, 0.2) is 10.8 Å². The molecule has 3 amide bonds. The quantitative estimate of drug-likeness (QED) is 0.152. The number of oxime groups is 1. The zero-order valence-electron chi connectivity index (χ0n) is 15.8. The Labute approximate surface area is 187 Å². The van der Waals surface area contributed by atoms with Crippen LogP contribution in [-0.2, 0) is 19.2 Å². The summed E-state index contributed by atoms with van der Waals surface area (Å²) in [4.78, 5) is 53.2. The number of thioether (sulfide) groups is 2. The molecule has 15 heteroatoms. The molecule has 1 unspecified atom stereocenters. The Morgan fingerprint density at radius 1 is 1.45 bits per heavy atom. The molecule has 1 fully saturated rings. The molecule has 164 valence electrons. The SMILES string of the molecule is CC(=O)N/C=C/SC1=C(C(=O)O)N2C(=O)C(NC(=O)/C(=N\O)c3csc(N)n3)[C@H]2SC1. The third kappa shape index (κ3) is 4.67. The van der Waals surface area contributed by atoms with Crippen molar-refractivity contribution in [1.29, 1.82) is 0 Å². The number of thiazole rings is 1. The third-order valence-electron chi connectivity index (χ3n) is 4.07. The lowest BCUT2D eigenvalue weighted by molar-refractivity contribution is -0.150. The van der Waals surface area contributed by atoms with Gasteiger partial charge in [-0.1, -0.05) is 16.9 Å². The number of aromatic nitrogens is 1. The van der Waals surface area contributed by atoms with Crippen LogP contribution in [0.2, 0.25) is 0 Å². The highest BCUT2D eigenvalue weighted by Crippen LogP contribution is 2.43. The van der Waals surface area contributed by atoms with Crippen molar-refractivity contribution in [2.45, 2.75) is 18.3 Å². The van der Waals surface area contributed by atoms with Crippen molar-refractivity contribution >= 4 is 69.4 Å². The van der Waals surface area contributed by atoms with E-state index in [1.165, 1.54) is 35.7 Å². The van der Waals surface area contributed by atoms with Crippen LogP contribution >= 0.6 is 34.9 Å². The molecule has 0 radical (unpaired) electrons. The Kier molecular flexibility index (Phi) is 6.87. The summed E-state index contributed by atoms with van der Waals surface area (Å²) in [5.74, 6) is -2.73. The lowest BCUT2D eigenvalue weighted by atomic mass is 10.0. The summed E-state index contributed by atoms with van der Waals surface area (Å²) in [6.45, 7) is 1.33. The van der Waals surface area contributed by atoms with Crippen molar-refractivity contribution in [2.75, 3.05) is 11.5 Å². The first-order chi connectivity index (χ1) is 14.7. The number of hydrogen-bond donors (Lipinski definition) is 5. The number of aliphatic carboxylic acids is 1. The minimum atomic E-state index is -1.28. The monoisotopic (exact) mass is 484 g/mol. The number of nitrogens with two attached hydrogens (primary N) is 1. The molecule has 0 bridgehead atoms. The third-order valence-corrected chi connectivity index (χ3v) is 7.10. The molecule has 3 rings (SSSR count). The number of hydrogen-bond acceptors (Lipinski definition) is 11. The number of fused-ring (bicyclic) bond motifs is 1. The number of β-lactam (4-membered cyclic amide) rings is 1. The zero-order chi connectivity index (χ0) is 22.7. The molecule has 31 heavy (non-hydrogen) atoms. The summed E-state index contributed by atoms with van der Waals surface area (Å²) in [7, 11) is 0. The molecule has 3 heterocycles. The fourth-order valence-corrected chi connectivity index (χ4v) is 5.58. The van der Waals surface area contributed by atoms with Crippen LogP contribution in [0, 0.1) is 0 Å². The average Bonchev–Trinajstić information content (AvgIpc) is 3.14. The number of carboxylic acids is 1. The summed E-state index contributed by atoms with van der Waals surface area (Å²) < 4.78 is 0. The fraction of sp³-hybridized carbons (Fsp3) is 0.250. The minimum Gasteiger partial charge on any atom is -0.477 e. The molecular weight excluding hydrogens is 468 g/mol. The number of rotatable bonds is 7. The van der Waals surface area contributed by atoms with Crippen LogP contribution in [0.4, 0.5) is 5.13 Å². The molecule has 0 aromatic carbocycles. The molecule has 12 nitrogen and oxygen atoms in total. The number of amides is 3. The number of nitrogen functional groups attached to an aromatic ring is 1. The average molecular weight is 485 g/mol. The van der Waals surface area contributed by atoms with Gasteiger partial charge in [0.05, 0.1) is 0 Å². The van der Waals surface area contributed by atoms with Gasteiger partial charge in [0, 0.05) is 29.2 Å². The molecule has 1 aromatic rings. The Morgan fingerprint density at radius 2 is 2.19 bits per heavy atom. The highest BCUT2D eigenvalue weighted by atomic mass is 32.2. The van der Waals surface area contributed by atoms with E-state index in [-0.39, 0.29) is 28.2 Å². The van der Waals surface area contributed by atoms with E-state index in [4.69, 9.17) is 5.73 Å². The number of nitrogens with zero attached hydrogens (tertiary/aromatic N) is 3. The second-order valence-corrected chi connectivity index (χ2v) is 9.07. The van der Waals surface area contributed by atoms with Gasteiger partial charge in [-0.25, -0.2) is 9.78 Å². The van der Waals surface area contributed by atoms with Crippen molar-refractivity contribution in [2.24, 2.45) is 5.16 Å². The van der Waals surface area contributed by atoms with Crippen LogP contribution in [0.15, 0.2) is 32.7 Å². The number of carboxylic acid groups (broad SMARTS) is 1. The molecule has 1 saturated heterocycles. The minimum absolute atomic E-state index is 0.0539. The molecule has 0 saturated carbocycles. The first-order valence-electron chi connectivity index (χ1n) is 8.48. The van der Waals surface area contributed by atoms with Crippen LogP contribution in [0.5, 0.6) is 0 Å². The first kappa shape index (κ1) is 22.6. The van der Waals surface area contributed by atoms with Crippen molar-refractivity contribution in [1.82, 2.24) is 20.5 Å². The number of carbonyl (C=O) groups excluding carboxylic acids is 3. The summed E-state index contributed by atoms with van der Waals surface area (Å²) in [5.41, 5.74) is 4.99. The number of nitrogens with one attached hydrogen (secondary N) is 2. The zero-order valence-corrected chi connectivity index (χ0v) is 18.2. The maximum atomic E-state index is 12.6. The van der Waals surface area contributed by atoms with E-state index < -0.39 is 34.9 Å². The van der Waals surface area contributed by atoms with Gasteiger partial charge in [0.25, 0.3) is 11.8 Å². The summed E-state index contributed by atoms with van der Waals surface area (Å²) >= 11 is 3.39. The van der Waals surface area contributed by atoms with E-state index in [1.807, 2.05) is 0 Å². The second-order valence-electron chi connectivity index (χ2n) is 6.08. The molecule has 2 aliphatic heterocycles. The lowest BCUT2D eigenvalue weighted by Crippen LogP contribution is -2.71. The highest BCUT2D eigenvalue weighted by molar-refractivity contribution is 8.08. The van der Waals surface area contributed by atoms with Crippen molar-refractivity contribution < 1.29 is 29.5 Å². The standard InChI is InChI=1S/C16H16N6O6S3/c1-6(23)18-2-3-29-8-5-30-14-10(13(25)22(14)11(8)15(26)27)20-12(24)9(21-28)7-4-31-16(17)19-7/h2-4,10,14,28H,5H2,1H3,(H2,17,19)(H,18,23)(H,20,24)(H,26,27)/b3-2+,21-9-/t10?,14-/m1/s1. The fourth-order valence-electron chi connectivity index (χ4n) is 2.77. The van der Waals surface area contributed by atoms with Gasteiger partial charge in [-0.3, -0.25) is 19.3 Å². The smallest absolute Gasteiger partial charge is 0.353 e. The van der Waals surface area contributed by atoms with E-state index in [1.54, 1.807) is 0 Å². The van der Waals surface area contributed by atoms with Gasteiger partial charge in [-0.2, -0.15) is 0 Å². The molecule has 6 N–H and O–H groups in total. The Morgan fingerprint density at radius 3 is 2.77 bits per heavy atom. The predicted molar refractivity (Wildman–Crippen MR) is 115 cm³/mol. The van der Waals surface area contributed by atoms with Crippen LogP contribution in [-0.4, -0.2) is 66.8 Å². The van der Waals surface area contributed by atoms with Gasteiger partial charge >= 0.3 is 5.97 Å². The maximum Gasteiger partial charge on any atom is 0.353 e. The lowest BCUT2D eigenvalue weighted by Gasteiger charge is -2.49. The summed E-state index contributed by atoms with van der Waals surface area (Å²) in [5, 5.41) is 29.1. The number of anilines is 1. The maximum absolute atomic E-state index is 12.6. The molecule has 2 aliphatic rings. The van der Waals surface area contributed by atoms with Crippen LogP contribution in [0.1, 0.15) is 12.6 Å². The number of carbonyl (C=O) groups is 4. The van der Waals surface area contributed by atoms with E-state index in [0.717, 1.165) is 28.0 Å². The normalized spacial score (nSPS) is 21.0. The van der Waals surface area contributed by atoms with Crippen molar-refractivity contribution in [3.05, 3.63) is 33.3 Å². The molecule has 2 atom stereocenters. The van der Waals surface area contributed by atoms with Crippen molar-refractivity contribution in [3.63, 3.8) is 0 Å². The van der Waals surface area contributed by atoms with Crippen LogP contribution in [0.25, 0.3) is 0 Å². The van der Waals surface area contributed by atoms with Crippen LogP contribution < -0.4 is 16.4 Å². The van der Waals surface area contributed by atoms with Gasteiger partial charge < -0.3 is 26.7 Å². The first-order valence-corrected chi connectivity index (χ1v) is 11.3. The van der Waals surface area contributed by atoms with Crippen LogP contribution in [0.3, 0.4) is 0 Å². The Bertz CT molecular complexity index is 1030. The topological polar surface area (TPSA) is 187 Å². The van der Waals surface area contributed by atoms with E-state index in [0.29, 0.717) is 4.91 Å². The van der Waals surface area contributed by atoms with Gasteiger partial charge in [-0.15, -0.1) is 23.1 Å². The summed E-state index contributed by atoms with van der Waals surface area (Å²) in [6, 6.07) is -0.999. The van der Waals surface area contributed by atoms with Gasteiger partial charge in [0.2, 0.25) is 5.91 Å². The second kappa shape index (κ2) is 9.40. The molecule has 1 aromatic heterocycles. The predicted octanol–water partition coefficient (Wildman–Crippen LogP) is -0.0598. The Hall–Kier alpha value is -3.04. The molecular formula is C16H16N6O6S3. The van der Waals surface area contributed by atoms with Gasteiger partial charge in [-0.05, 0) is 5.41 Å². The van der Waals surface area contributed by atoms with Crippen molar-refractivity contribution in [3.8, 4) is 0 Å². The van der Waals surface area contributed by atoms with E-state index in [2.05, 4.69) is 20.8 Å². The van der Waals surface area contributed by atoms with E-state index in [9.17, 15) is 29.5 Å². The highest BCUT2D eigenvalue weighted by Gasteiger charge is 2.54.